The average molecular weight is 561 g/mol. The Morgan fingerprint density at radius 3 is 2.62 bits per heavy atom. The predicted octanol–water partition coefficient (Wildman–Crippen LogP) is 4.32. The molecule has 0 unspecified atom stereocenters. The van der Waals surface area contributed by atoms with Gasteiger partial charge in [0.15, 0.2) is 6.20 Å². The van der Waals surface area contributed by atoms with E-state index in [2.05, 4.69) is 24.9 Å². The van der Waals surface area contributed by atoms with Gasteiger partial charge < -0.3 is 15.8 Å². The van der Waals surface area contributed by atoms with E-state index in [1.54, 1.807) is 49.2 Å². The molecule has 0 radical (unpaired) electrons. The van der Waals surface area contributed by atoms with Gasteiger partial charge in [-0.2, -0.15) is 4.73 Å². The Balaban J connectivity index is 0.000000240. The number of nitrogens with two attached hydrogens (primary N) is 1. The van der Waals surface area contributed by atoms with Gasteiger partial charge in [0.2, 0.25) is 5.69 Å². The fourth-order valence-corrected chi connectivity index (χ4v) is 5.73. The van der Waals surface area contributed by atoms with E-state index in [1.807, 2.05) is 29.2 Å². The highest BCUT2D eigenvalue weighted by Crippen LogP contribution is 2.34. The van der Waals surface area contributed by atoms with Gasteiger partial charge in [-0.1, -0.05) is 12.1 Å². The zero-order valence-electron chi connectivity index (χ0n) is 23.3. The first-order chi connectivity index (χ1) is 20.6. The molecule has 4 heterocycles. The van der Waals surface area contributed by atoms with Crippen molar-refractivity contribution in [2.75, 3.05) is 5.73 Å². The van der Waals surface area contributed by atoms with Crippen LogP contribution in [0.1, 0.15) is 70.4 Å². The Morgan fingerprint density at radius 2 is 1.76 bits per heavy atom. The number of rotatable bonds is 4. The van der Waals surface area contributed by atoms with Crippen molar-refractivity contribution in [1.29, 1.82) is 0 Å². The molecule has 5 aromatic rings. The Bertz CT molecular complexity index is 1710. The summed E-state index contributed by atoms with van der Waals surface area (Å²) in [5, 5.41) is 12.2. The molecule has 7 rings (SSSR count). The van der Waals surface area contributed by atoms with Crippen molar-refractivity contribution in [2.24, 2.45) is 0 Å². The van der Waals surface area contributed by atoms with E-state index in [1.165, 1.54) is 12.6 Å². The molecular weight excluding hydrogens is 528 g/mol. The molecule has 10 heteroatoms. The summed E-state index contributed by atoms with van der Waals surface area (Å²) in [7, 11) is 0. The minimum Gasteiger partial charge on any atom is -0.618 e. The van der Waals surface area contributed by atoms with Crippen molar-refractivity contribution in [3.8, 4) is 0 Å². The number of anilines is 1. The topological polar surface area (TPSA) is 138 Å². The first-order valence-electron chi connectivity index (χ1n) is 14.3. The number of carbonyl (C=O) groups is 1. The highest BCUT2D eigenvalue weighted by molar-refractivity contribution is 5.94. The minimum absolute atomic E-state index is 0.0720. The third-order valence-electron chi connectivity index (χ3n) is 7.80. The predicted molar refractivity (Wildman–Crippen MR) is 158 cm³/mol. The Hall–Kier alpha value is -4.99. The second-order valence-electron chi connectivity index (χ2n) is 10.6. The molecule has 4 aromatic heterocycles. The van der Waals surface area contributed by atoms with E-state index in [9.17, 15) is 10.0 Å². The minimum atomic E-state index is -0.144. The second kappa shape index (κ2) is 12.3. The maximum Gasteiger partial charge on any atom is 0.256 e. The zero-order valence-corrected chi connectivity index (χ0v) is 23.3. The molecule has 0 bridgehead atoms. The third kappa shape index (κ3) is 5.88. The van der Waals surface area contributed by atoms with Crippen LogP contribution < -0.4 is 10.5 Å². The number of hydrogen-bond donors (Lipinski definition) is 1. The van der Waals surface area contributed by atoms with Crippen molar-refractivity contribution in [1.82, 2.24) is 29.8 Å². The molecule has 0 spiro atoms. The van der Waals surface area contributed by atoms with E-state index in [4.69, 9.17) is 5.73 Å². The molecule has 0 saturated heterocycles. The Morgan fingerprint density at radius 1 is 0.952 bits per heavy atom. The van der Waals surface area contributed by atoms with Crippen LogP contribution in [0.2, 0.25) is 0 Å². The first-order valence-corrected chi connectivity index (χ1v) is 14.3. The molecule has 2 aliphatic rings. The van der Waals surface area contributed by atoms with Crippen molar-refractivity contribution >= 4 is 22.6 Å². The number of fused-ring (bicyclic) bond motifs is 3. The number of nitrogens with zero attached hydrogens (tertiary/aromatic N) is 7. The fourth-order valence-electron chi connectivity index (χ4n) is 5.73. The highest BCUT2D eigenvalue weighted by atomic mass is 16.5. The van der Waals surface area contributed by atoms with Gasteiger partial charge in [-0.05, 0) is 74.4 Å². The van der Waals surface area contributed by atoms with Crippen LogP contribution in [-0.2, 0) is 25.8 Å². The van der Waals surface area contributed by atoms with Gasteiger partial charge in [-0.25, -0.2) is 9.97 Å². The molecule has 1 atom stereocenters. The number of aryl methyl sites for hydroxylation is 2. The lowest BCUT2D eigenvalue weighted by atomic mass is 9.93. The van der Waals surface area contributed by atoms with Crippen LogP contribution in [0.15, 0.2) is 79.6 Å². The number of aromatic nitrogens is 6. The van der Waals surface area contributed by atoms with Crippen LogP contribution in [-0.4, -0.2) is 35.7 Å². The van der Waals surface area contributed by atoms with E-state index in [0.717, 1.165) is 82.5 Å². The van der Waals surface area contributed by atoms with Crippen LogP contribution in [0, 0.1) is 5.21 Å². The van der Waals surface area contributed by atoms with E-state index in [-0.39, 0.29) is 11.9 Å². The molecule has 0 aliphatic heterocycles. The van der Waals surface area contributed by atoms with Crippen molar-refractivity contribution in [2.45, 2.75) is 57.5 Å². The molecule has 1 aromatic carbocycles. The van der Waals surface area contributed by atoms with Crippen LogP contribution >= 0.6 is 0 Å². The number of pyridine rings is 2. The molecule has 0 saturated carbocycles. The number of amides is 1. The van der Waals surface area contributed by atoms with Gasteiger partial charge >= 0.3 is 0 Å². The van der Waals surface area contributed by atoms with Gasteiger partial charge in [-0.15, -0.1) is 0 Å². The monoisotopic (exact) mass is 560 g/mol. The summed E-state index contributed by atoms with van der Waals surface area (Å²) < 4.78 is 0.946. The molecule has 0 fully saturated rings. The largest absolute Gasteiger partial charge is 0.618 e. The summed E-state index contributed by atoms with van der Waals surface area (Å²) in [4.78, 5) is 37.3. The maximum absolute atomic E-state index is 13.6. The summed E-state index contributed by atoms with van der Waals surface area (Å²) in [6.07, 6.45) is 16.6. The van der Waals surface area contributed by atoms with Gasteiger partial charge in [0.1, 0.15) is 11.5 Å². The normalized spacial score (nSPS) is 15.6. The van der Waals surface area contributed by atoms with Crippen molar-refractivity contribution in [3.63, 3.8) is 0 Å². The molecule has 2 N–H and O–H groups in total. The summed E-state index contributed by atoms with van der Waals surface area (Å²) in [6, 6.07) is 13.2. The summed E-state index contributed by atoms with van der Waals surface area (Å²) in [6.45, 7) is 0.431. The lowest BCUT2D eigenvalue weighted by Crippen LogP contribution is -2.37. The lowest BCUT2D eigenvalue weighted by molar-refractivity contribution is -0.615. The van der Waals surface area contributed by atoms with Gasteiger partial charge in [-0.3, -0.25) is 19.7 Å². The number of carbonyl (C=O) groups excluding carboxylic acids is 1. The third-order valence-corrected chi connectivity index (χ3v) is 7.80. The van der Waals surface area contributed by atoms with Gasteiger partial charge in [0.25, 0.3) is 5.91 Å². The molecular formula is C32H32N8O2. The van der Waals surface area contributed by atoms with E-state index in [0.29, 0.717) is 17.9 Å². The zero-order chi connectivity index (χ0) is 28.9. The lowest BCUT2D eigenvalue weighted by Gasteiger charge is -2.34. The van der Waals surface area contributed by atoms with Crippen LogP contribution in [0.5, 0.6) is 0 Å². The number of benzene rings is 1. The quantitative estimate of drug-likeness (QED) is 0.253. The highest BCUT2D eigenvalue weighted by Gasteiger charge is 2.32. The number of nitrogen functional groups attached to an aromatic ring is 1. The summed E-state index contributed by atoms with van der Waals surface area (Å²) in [5.74, 6) is 0.404. The van der Waals surface area contributed by atoms with Crippen LogP contribution in [0.25, 0.3) is 10.9 Å². The standard InChI is InChI=1S/C24H22N6O.C8H10N2O/c25-22-9-8-17-7-6-16(13-20(17)29-22)15-30(24(31)18-3-2-10-26-14-18)21-5-1-4-19-23(21)28-12-11-27-19;11-10-6-5-9-7-3-1-2-4-8(7)10/h2-3,6-14,21H,1,4-5,15H2,(H2,25,29);5-6H,1-4H2/t21-;/m1./s1. The van der Waals surface area contributed by atoms with Crippen molar-refractivity contribution in [3.05, 3.63) is 119 Å². The Kier molecular flexibility index (Phi) is 7.94. The van der Waals surface area contributed by atoms with E-state index < -0.39 is 0 Å². The summed E-state index contributed by atoms with van der Waals surface area (Å²) >= 11 is 0. The first kappa shape index (κ1) is 27.2. The van der Waals surface area contributed by atoms with Gasteiger partial charge in [0.05, 0.1) is 34.7 Å². The summed E-state index contributed by atoms with van der Waals surface area (Å²) in [5.41, 5.74) is 11.9. The van der Waals surface area contributed by atoms with E-state index >= 15 is 0 Å². The molecule has 2 aliphatic carbocycles. The molecule has 42 heavy (non-hydrogen) atoms. The smallest absolute Gasteiger partial charge is 0.256 e. The SMILES string of the molecule is Nc1ccc2ccc(CN(C(=O)c3cccnc3)[C@@H]3CCCc4nccnc43)cc2n1.[O-][n+]1ccnc2c1CCCC2. The Labute approximate surface area is 243 Å². The fraction of sp³-hybridized carbons (Fsp3) is 0.281. The molecule has 10 nitrogen and oxygen atoms in total. The van der Waals surface area contributed by atoms with Gasteiger partial charge in [0, 0.05) is 43.1 Å². The molecule has 1 amide bonds. The second-order valence-corrected chi connectivity index (χ2v) is 10.6. The number of hydrogen-bond acceptors (Lipinski definition) is 8. The maximum atomic E-state index is 13.6. The average Bonchev–Trinajstić information content (AvgIpc) is 3.04. The molecule has 212 valence electrons. The van der Waals surface area contributed by atoms with Crippen LogP contribution in [0.3, 0.4) is 0 Å². The van der Waals surface area contributed by atoms with Crippen molar-refractivity contribution < 1.29 is 9.52 Å². The van der Waals surface area contributed by atoms with Crippen LogP contribution in [0.4, 0.5) is 5.82 Å².